The van der Waals surface area contributed by atoms with E-state index in [9.17, 15) is 26.7 Å². The zero-order valence-corrected chi connectivity index (χ0v) is 28.2. The molecule has 0 aliphatic carbocycles. The first kappa shape index (κ1) is 32.6. The molecule has 3 aromatic heterocycles. The van der Waals surface area contributed by atoms with Gasteiger partial charge in [0.15, 0.2) is 10.8 Å². The number of hydrogen-bond donors (Lipinski definition) is 2. The molecule has 258 valence electrons. The van der Waals surface area contributed by atoms with E-state index in [4.69, 9.17) is 16.6 Å². The maximum absolute atomic E-state index is 14.2. The number of benzene rings is 1. The molecule has 8 rings (SSSR count). The van der Waals surface area contributed by atoms with Crippen molar-refractivity contribution >= 4 is 44.6 Å². The third-order valence-corrected chi connectivity index (χ3v) is 12.5. The number of aromatic nitrogens is 5. The molecule has 3 fully saturated rings. The largest absolute Gasteiger partial charge is 0.388 e. The van der Waals surface area contributed by atoms with Gasteiger partial charge < -0.3 is 14.6 Å². The summed E-state index contributed by atoms with van der Waals surface area (Å²) in [4.78, 5) is 15.4. The van der Waals surface area contributed by atoms with Gasteiger partial charge >= 0.3 is 6.55 Å². The van der Waals surface area contributed by atoms with Crippen LogP contribution < -0.4 is 4.72 Å². The van der Waals surface area contributed by atoms with Crippen molar-refractivity contribution in [2.75, 3.05) is 6.54 Å². The van der Waals surface area contributed by atoms with Gasteiger partial charge in [0.25, 0.3) is 10.2 Å². The number of rotatable bonds is 9. The molecule has 4 aliphatic rings. The number of alkyl halides is 2. The number of aliphatic hydroxyl groups is 1. The van der Waals surface area contributed by atoms with E-state index >= 15 is 0 Å². The van der Waals surface area contributed by atoms with E-state index in [2.05, 4.69) is 19.8 Å². The van der Waals surface area contributed by atoms with E-state index in [0.717, 1.165) is 12.3 Å². The van der Waals surface area contributed by atoms with Gasteiger partial charge in [-0.3, -0.25) is 4.99 Å². The van der Waals surface area contributed by atoms with E-state index in [1.165, 1.54) is 33.8 Å². The highest BCUT2D eigenvalue weighted by Crippen LogP contribution is 2.47. The molecule has 1 aromatic carbocycles. The molecular weight excluding hydrogens is 703 g/mol. The number of aliphatic imine (C=N–C) groups is 1. The van der Waals surface area contributed by atoms with Gasteiger partial charge in [-0.2, -0.15) is 31.3 Å². The van der Waals surface area contributed by atoms with Gasteiger partial charge in [-0.25, -0.2) is 19.0 Å². The average molecular weight is 734 g/mol. The van der Waals surface area contributed by atoms with Gasteiger partial charge in [0.1, 0.15) is 11.9 Å². The van der Waals surface area contributed by atoms with Crippen LogP contribution in [0.2, 0.25) is 5.02 Å². The van der Waals surface area contributed by atoms with Crippen molar-refractivity contribution in [1.82, 2.24) is 38.2 Å². The van der Waals surface area contributed by atoms with Crippen molar-refractivity contribution in [2.24, 2.45) is 4.99 Å². The predicted octanol–water partition coefficient (Wildman–Crippen LogP) is 4.60. The van der Waals surface area contributed by atoms with Crippen LogP contribution in [0.4, 0.5) is 13.2 Å². The lowest BCUT2D eigenvalue weighted by molar-refractivity contribution is -0.0420. The molecular formula is C31H31ClF3N9O3S2. The number of nitrogens with one attached hydrogen (secondary N) is 1. The quantitative estimate of drug-likeness (QED) is 0.257. The standard InChI is InChI=1S/C31H31ClF3N9O3S2/c32-23-11-18(33)1-4-22(23)27-26(24-5-8-43(39-24)30(34)35)25-12-19(15-42(25)28(38-27)29-37-7-10-48-29)40-49(46,47)44-20-2-3-21(44)14-31(45,13-20)16-41-9-6-36-17-41/h1,4-11,17,19-21,27,30,40,45H,2-3,12-16H2/t19-,20-,21?,27-,31-/m0/s1. The highest BCUT2D eigenvalue weighted by molar-refractivity contribution is 7.87. The minimum absolute atomic E-state index is 0.0934. The highest BCUT2D eigenvalue weighted by Gasteiger charge is 2.53. The van der Waals surface area contributed by atoms with Crippen molar-refractivity contribution in [1.29, 1.82) is 0 Å². The van der Waals surface area contributed by atoms with Crippen LogP contribution in [0.3, 0.4) is 0 Å². The van der Waals surface area contributed by atoms with E-state index in [1.807, 2.05) is 4.90 Å². The van der Waals surface area contributed by atoms with Gasteiger partial charge in [0.05, 0.1) is 24.2 Å². The summed E-state index contributed by atoms with van der Waals surface area (Å²) in [6, 6.07) is 3.11. The number of imidazole rings is 1. The van der Waals surface area contributed by atoms with Gasteiger partial charge in [-0.1, -0.05) is 17.7 Å². The Bertz CT molecular complexity index is 2020. The fourth-order valence-corrected chi connectivity index (χ4v) is 10.6. The van der Waals surface area contributed by atoms with Crippen molar-refractivity contribution in [3.8, 4) is 0 Å². The van der Waals surface area contributed by atoms with Crippen LogP contribution in [-0.4, -0.2) is 83.2 Å². The van der Waals surface area contributed by atoms with E-state index in [-0.39, 0.29) is 35.8 Å². The Morgan fingerprint density at radius 3 is 2.59 bits per heavy atom. The van der Waals surface area contributed by atoms with E-state index in [0.29, 0.717) is 64.6 Å². The minimum atomic E-state index is -4.03. The molecule has 2 N–H and O–H groups in total. The predicted molar refractivity (Wildman–Crippen MR) is 175 cm³/mol. The van der Waals surface area contributed by atoms with Crippen molar-refractivity contribution in [2.45, 2.75) is 75.0 Å². The van der Waals surface area contributed by atoms with E-state index in [1.54, 1.807) is 34.9 Å². The summed E-state index contributed by atoms with van der Waals surface area (Å²) in [7, 11) is -4.03. The number of halogens is 4. The van der Waals surface area contributed by atoms with Gasteiger partial charge in [0, 0.05) is 83.1 Å². The number of piperidine rings is 1. The number of fused-ring (bicyclic) bond motifs is 3. The SMILES string of the molecule is O=S(=O)(N[C@H]1CC2=C(c3ccn(C(F)F)n3)[C@H](c3ccc(F)cc3Cl)N=C(c3nccs3)N2C1)N1C2CC[C@H]1C[C@@](O)(Cn1ccnc1)C2. The third-order valence-electron chi connectivity index (χ3n) is 9.64. The number of hydrogen-bond acceptors (Lipinski definition) is 9. The molecule has 0 radical (unpaired) electrons. The normalized spacial score (nSPS) is 27.3. The summed E-state index contributed by atoms with van der Waals surface area (Å²) < 4.78 is 76.6. The zero-order chi connectivity index (χ0) is 34.1. The molecule has 5 atom stereocenters. The maximum Gasteiger partial charge on any atom is 0.333 e. The first-order valence-corrected chi connectivity index (χ1v) is 18.4. The third kappa shape index (κ3) is 5.99. The first-order chi connectivity index (χ1) is 23.5. The summed E-state index contributed by atoms with van der Waals surface area (Å²) >= 11 is 7.90. The van der Waals surface area contributed by atoms with Gasteiger partial charge in [-0.05, 0) is 43.9 Å². The Balaban J connectivity index is 1.14. The molecule has 49 heavy (non-hydrogen) atoms. The molecule has 18 heteroatoms. The van der Waals surface area contributed by atoms with Gasteiger partial charge in [-0.15, -0.1) is 11.3 Å². The number of amidine groups is 1. The Morgan fingerprint density at radius 2 is 1.94 bits per heavy atom. The summed E-state index contributed by atoms with van der Waals surface area (Å²) in [6.45, 7) is -2.37. The number of thiazole rings is 1. The summed E-state index contributed by atoms with van der Waals surface area (Å²) in [6.07, 6.45) is 9.89. The van der Waals surface area contributed by atoms with Crippen LogP contribution in [0.5, 0.6) is 0 Å². The second kappa shape index (κ2) is 12.3. The molecule has 0 spiro atoms. The molecule has 1 unspecified atom stereocenters. The maximum atomic E-state index is 14.2. The van der Waals surface area contributed by atoms with Gasteiger partial charge in [0.2, 0.25) is 0 Å². The molecule has 0 amide bonds. The highest BCUT2D eigenvalue weighted by atomic mass is 35.5. The molecule has 3 saturated heterocycles. The Morgan fingerprint density at radius 1 is 1.14 bits per heavy atom. The molecule has 4 aliphatic heterocycles. The molecule has 2 bridgehead atoms. The summed E-state index contributed by atoms with van der Waals surface area (Å²) in [5.41, 5.74) is 0.654. The Hall–Kier alpha value is -3.61. The second-order valence-corrected chi connectivity index (χ2v) is 15.8. The van der Waals surface area contributed by atoms with Crippen LogP contribution in [0.25, 0.3) is 5.57 Å². The monoisotopic (exact) mass is 733 g/mol. The molecule has 4 aromatic rings. The van der Waals surface area contributed by atoms with Crippen molar-refractivity contribution < 1.29 is 26.7 Å². The fourth-order valence-electron chi connectivity index (χ4n) is 7.83. The summed E-state index contributed by atoms with van der Waals surface area (Å²) in [5, 5.41) is 18.1. The van der Waals surface area contributed by atoms with E-state index < -0.39 is 40.3 Å². The number of nitrogens with zero attached hydrogens (tertiary/aromatic N) is 8. The lowest BCUT2D eigenvalue weighted by Crippen LogP contribution is -2.58. The first-order valence-electron chi connectivity index (χ1n) is 15.7. The Kier molecular flexibility index (Phi) is 8.19. The van der Waals surface area contributed by atoms with Crippen LogP contribution in [0.1, 0.15) is 61.0 Å². The van der Waals surface area contributed by atoms with Crippen molar-refractivity contribution in [3.63, 3.8) is 0 Å². The fraction of sp³-hybridized carbons (Fsp3) is 0.419. The molecule has 0 saturated carbocycles. The smallest absolute Gasteiger partial charge is 0.333 e. The lowest BCUT2D eigenvalue weighted by Gasteiger charge is -2.43. The van der Waals surface area contributed by atoms with Crippen LogP contribution in [-0.2, 0) is 16.8 Å². The second-order valence-electron chi connectivity index (χ2n) is 12.9. The van der Waals surface area contributed by atoms with Crippen LogP contribution in [0, 0.1) is 5.82 Å². The van der Waals surface area contributed by atoms with Crippen LogP contribution >= 0.6 is 22.9 Å². The minimum Gasteiger partial charge on any atom is -0.388 e. The van der Waals surface area contributed by atoms with Crippen molar-refractivity contribution in [3.05, 3.63) is 93.6 Å². The summed E-state index contributed by atoms with van der Waals surface area (Å²) in [5.74, 6) is -0.0922. The molecule has 12 nitrogen and oxygen atoms in total. The lowest BCUT2D eigenvalue weighted by atomic mass is 9.87. The Labute approximate surface area is 288 Å². The topological polar surface area (TPSA) is 134 Å². The molecule has 7 heterocycles. The average Bonchev–Trinajstić information content (AvgIpc) is 3.87. The zero-order valence-electron chi connectivity index (χ0n) is 25.8. The van der Waals surface area contributed by atoms with Crippen LogP contribution in [0.15, 0.2) is 71.4 Å².